The third-order valence-corrected chi connectivity index (χ3v) is 3.18. The molecule has 0 aliphatic rings. The van der Waals surface area contributed by atoms with Gasteiger partial charge in [-0.2, -0.15) is 0 Å². The molecule has 2 aromatic heterocycles. The number of pyridine rings is 1. The summed E-state index contributed by atoms with van der Waals surface area (Å²) in [6.45, 7) is 2.28. The van der Waals surface area contributed by atoms with Gasteiger partial charge in [-0.15, -0.1) is 11.3 Å². The van der Waals surface area contributed by atoms with Crippen molar-refractivity contribution in [1.29, 1.82) is 0 Å². The van der Waals surface area contributed by atoms with Crippen LogP contribution in [0.15, 0.2) is 23.7 Å². The number of anilines is 1. The summed E-state index contributed by atoms with van der Waals surface area (Å²) in [5.41, 5.74) is 1.80. The molecule has 0 unspecified atom stereocenters. The molecule has 2 aromatic rings. The van der Waals surface area contributed by atoms with Crippen LogP contribution in [0.4, 0.5) is 9.93 Å². The second kappa shape index (κ2) is 6.14. The van der Waals surface area contributed by atoms with Crippen LogP contribution in [0.3, 0.4) is 0 Å². The molecule has 0 saturated carbocycles. The van der Waals surface area contributed by atoms with Crippen LogP contribution in [0, 0.1) is 6.92 Å². The number of hydrogen-bond acceptors (Lipinski definition) is 5. The molecule has 0 aliphatic carbocycles. The third kappa shape index (κ3) is 3.92. The Kier molecular flexibility index (Phi) is 4.30. The molecule has 0 spiro atoms. The van der Waals surface area contributed by atoms with Crippen LogP contribution >= 0.6 is 11.3 Å². The van der Waals surface area contributed by atoms with Crippen LogP contribution in [0.2, 0.25) is 0 Å². The smallest absolute Gasteiger partial charge is 0.321 e. The lowest BCUT2D eigenvalue weighted by Gasteiger charge is -2.06. The monoisotopic (exact) mass is 278 g/mol. The van der Waals surface area contributed by atoms with Gasteiger partial charge in [-0.05, 0) is 18.6 Å². The Morgan fingerprint density at radius 1 is 1.53 bits per heavy atom. The maximum atomic E-state index is 11.6. The van der Waals surface area contributed by atoms with E-state index in [4.69, 9.17) is 4.74 Å². The summed E-state index contributed by atoms with van der Waals surface area (Å²) in [5.74, 6) is 0.523. The number of carbonyl (C=O) groups excluding carboxylic acids is 1. The Bertz CT molecular complexity index is 570. The zero-order chi connectivity index (χ0) is 13.7. The fourth-order valence-corrected chi connectivity index (χ4v) is 2.09. The van der Waals surface area contributed by atoms with Crippen molar-refractivity contribution in [3.63, 3.8) is 0 Å². The number of nitrogens with one attached hydrogen (secondary N) is 2. The highest BCUT2D eigenvalue weighted by Crippen LogP contribution is 2.14. The molecule has 0 saturated heterocycles. The number of nitrogens with zero attached hydrogens (tertiary/aromatic N) is 2. The molecule has 2 heterocycles. The number of hydrogen-bond donors (Lipinski definition) is 2. The van der Waals surface area contributed by atoms with Crippen molar-refractivity contribution in [2.45, 2.75) is 13.5 Å². The van der Waals surface area contributed by atoms with Gasteiger partial charge in [0, 0.05) is 24.2 Å². The van der Waals surface area contributed by atoms with E-state index in [2.05, 4.69) is 20.6 Å². The normalized spacial score (nSPS) is 10.0. The number of urea groups is 1. The summed E-state index contributed by atoms with van der Waals surface area (Å²) in [6, 6.07) is 3.30. The molecule has 100 valence electrons. The average molecular weight is 278 g/mol. The number of methoxy groups -OCH3 is 1. The van der Waals surface area contributed by atoms with Gasteiger partial charge in [0.2, 0.25) is 5.88 Å². The van der Waals surface area contributed by atoms with Crippen molar-refractivity contribution >= 4 is 22.5 Å². The number of ether oxygens (including phenoxy) is 1. The van der Waals surface area contributed by atoms with E-state index in [1.54, 1.807) is 19.4 Å². The second-order valence-electron chi connectivity index (χ2n) is 3.81. The average Bonchev–Trinajstić information content (AvgIpc) is 2.82. The topological polar surface area (TPSA) is 76.1 Å². The molecule has 0 aliphatic heterocycles. The molecule has 0 fully saturated rings. The summed E-state index contributed by atoms with van der Waals surface area (Å²) in [5, 5.41) is 7.88. The fourth-order valence-electron chi connectivity index (χ4n) is 1.41. The Morgan fingerprint density at radius 2 is 2.37 bits per heavy atom. The van der Waals surface area contributed by atoms with Gasteiger partial charge in [-0.25, -0.2) is 14.8 Å². The largest absolute Gasteiger partial charge is 0.481 e. The SMILES string of the molecule is COc1cc(CNC(=O)Nc2nc(C)cs2)ccn1. The minimum atomic E-state index is -0.287. The van der Waals surface area contributed by atoms with E-state index in [-0.39, 0.29) is 6.03 Å². The second-order valence-corrected chi connectivity index (χ2v) is 4.67. The molecule has 2 N–H and O–H groups in total. The van der Waals surface area contributed by atoms with Crippen LogP contribution in [0.1, 0.15) is 11.3 Å². The van der Waals surface area contributed by atoms with E-state index in [1.807, 2.05) is 18.4 Å². The molecule has 19 heavy (non-hydrogen) atoms. The van der Waals surface area contributed by atoms with Gasteiger partial charge in [-0.1, -0.05) is 0 Å². The zero-order valence-corrected chi connectivity index (χ0v) is 11.5. The lowest BCUT2D eigenvalue weighted by atomic mass is 10.2. The Hall–Kier alpha value is -2.15. The summed E-state index contributed by atoms with van der Waals surface area (Å²) in [7, 11) is 1.55. The minimum Gasteiger partial charge on any atom is -0.481 e. The summed E-state index contributed by atoms with van der Waals surface area (Å²) in [4.78, 5) is 19.8. The van der Waals surface area contributed by atoms with Crippen LogP contribution in [-0.4, -0.2) is 23.1 Å². The van der Waals surface area contributed by atoms with Gasteiger partial charge in [0.15, 0.2) is 5.13 Å². The number of aryl methyl sites for hydroxylation is 1. The van der Waals surface area contributed by atoms with Crippen molar-refractivity contribution in [2.75, 3.05) is 12.4 Å². The van der Waals surface area contributed by atoms with Gasteiger partial charge >= 0.3 is 6.03 Å². The first-order valence-corrected chi connectivity index (χ1v) is 6.51. The molecule has 6 nitrogen and oxygen atoms in total. The van der Waals surface area contributed by atoms with Crippen molar-refractivity contribution in [3.8, 4) is 5.88 Å². The molecular formula is C12H14N4O2S. The molecule has 0 atom stereocenters. The van der Waals surface area contributed by atoms with Crippen molar-refractivity contribution < 1.29 is 9.53 Å². The quantitative estimate of drug-likeness (QED) is 0.898. The molecule has 7 heteroatoms. The number of rotatable bonds is 4. The Morgan fingerprint density at radius 3 is 3.05 bits per heavy atom. The summed E-state index contributed by atoms with van der Waals surface area (Å²) < 4.78 is 5.01. The number of carbonyl (C=O) groups is 1. The molecule has 2 rings (SSSR count). The van der Waals surface area contributed by atoms with E-state index in [1.165, 1.54) is 11.3 Å². The minimum absolute atomic E-state index is 0.287. The van der Waals surface area contributed by atoms with Crippen LogP contribution in [-0.2, 0) is 6.54 Å². The molecule has 0 aromatic carbocycles. The van der Waals surface area contributed by atoms with E-state index in [0.29, 0.717) is 17.6 Å². The van der Waals surface area contributed by atoms with Gasteiger partial charge in [0.25, 0.3) is 0 Å². The van der Waals surface area contributed by atoms with Crippen molar-refractivity contribution in [3.05, 3.63) is 35.0 Å². The number of amides is 2. The van der Waals surface area contributed by atoms with E-state index in [0.717, 1.165) is 11.3 Å². The highest BCUT2D eigenvalue weighted by Gasteiger charge is 2.05. The van der Waals surface area contributed by atoms with E-state index >= 15 is 0 Å². The molecule has 2 amide bonds. The number of aromatic nitrogens is 2. The fraction of sp³-hybridized carbons (Fsp3) is 0.250. The molecule has 0 radical (unpaired) electrons. The highest BCUT2D eigenvalue weighted by molar-refractivity contribution is 7.13. The maximum absolute atomic E-state index is 11.6. The van der Waals surface area contributed by atoms with Crippen molar-refractivity contribution in [1.82, 2.24) is 15.3 Å². The Balaban J connectivity index is 1.86. The van der Waals surface area contributed by atoms with Crippen molar-refractivity contribution in [2.24, 2.45) is 0 Å². The summed E-state index contributed by atoms with van der Waals surface area (Å²) >= 11 is 1.39. The Labute approximate surface area is 114 Å². The predicted molar refractivity (Wildman–Crippen MR) is 73.5 cm³/mol. The van der Waals surface area contributed by atoms with Gasteiger partial charge in [0.1, 0.15) is 0 Å². The predicted octanol–water partition coefficient (Wildman–Crippen LogP) is 2.18. The molecular weight excluding hydrogens is 264 g/mol. The van der Waals surface area contributed by atoms with Gasteiger partial charge < -0.3 is 10.1 Å². The van der Waals surface area contributed by atoms with Crippen LogP contribution < -0.4 is 15.4 Å². The van der Waals surface area contributed by atoms with Gasteiger partial charge in [0.05, 0.1) is 12.8 Å². The van der Waals surface area contributed by atoms with Gasteiger partial charge in [-0.3, -0.25) is 5.32 Å². The van der Waals surface area contributed by atoms with E-state index in [9.17, 15) is 4.79 Å². The third-order valence-electron chi connectivity index (χ3n) is 2.30. The molecule has 0 bridgehead atoms. The highest BCUT2D eigenvalue weighted by atomic mass is 32.1. The first-order valence-electron chi connectivity index (χ1n) is 5.63. The number of thiazole rings is 1. The first-order chi connectivity index (χ1) is 9.17. The lowest BCUT2D eigenvalue weighted by Crippen LogP contribution is -2.28. The zero-order valence-electron chi connectivity index (χ0n) is 10.6. The van der Waals surface area contributed by atoms with Crippen LogP contribution in [0.25, 0.3) is 0 Å². The lowest BCUT2D eigenvalue weighted by molar-refractivity contribution is 0.251. The van der Waals surface area contributed by atoms with E-state index < -0.39 is 0 Å². The summed E-state index contributed by atoms with van der Waals surface area (Å²) in [6.07, 6.45) is 1.64. The van der Waals surface area contributed by atoms with Crippen LogP contribution in [0.5, 0.6) is 5.88 Å². The standard InChI is InChI=1S/C12H14N4O2S/c1-8-7-19-12(15-8)16-11(17)14-6-9-3-4-13-10(5-9)18-2/h3-5,7H,6H2,1-2H3,(H2,14,15,16,17). The maximum Gasteiger partial charge on any atom is 0.321 e. The first kappa shape index (κ1) is 13.3.